The summed E-state index contributed by atoms with van der Waals surface area (Å²) in [5.74, 6) is -1.14. The molecule has 1 unspecified atom stereocenters. The molecule has 32 heavy (non-hydrogen) atoms. The highest BCUT2D eigenvalue weighted by atomic mass is 32.2. The molecule has 7 nitrogen and oxygen atoms in total. The van der Waals surface area contributed by atoms with Crippen molar-refractivity contribution in [3.05, 3.63) is 65.7 Å². The van der Waals surface area contributed by atoms with E-state index in [1.165, 1.54) is 28.6 Å². The molecule has 172 valence electrons. The average Bonchev–Trinajstić information content (AvgIpc) is 2.83. The molecule has 1 atom stereocenters. The quantitative estimate of drug-likeness (QED) is 0.579. The van der Waals surface area contributed by atoms with Gasteiger partial charge in [0.15, 0.2) is 6.61 Å². The Morgan fingerprint density at radius 1 is 1.03 bits per heavy atom. The Kier molecular flexibility index (Phi) is 8.41. The topological polar surface area (TPSA) is 92.8 Å². The van der Waals surface area contributed by atoms with Gasteiger partial charge < -0.3 is 10.1 Å². The molecule has 1 aliphatic heterocycles. The maximum absolute atomic E-state index is 12.9. The zero-order valence-electron chi connectivity index (χ0n) is 18.3. The van der Waals surface area contributed by atoms with Gasteiger partial charge in [0.25, 0.3) is 5.91 Å². The lowest BCUT2D eigenvalue weighted by molar-refractivity contribution is -0.125. The van der Waals surface area contributed by atoms with Crippen LogP contribution < -0.4 is 5.32 Å². The molecule has 2 aromatic carbocycles. The summed E-state index contributed by atoms with van der Waals surface area (Å²) in [5.41, 5.74) is 1.09. The number of esters is 1. The van der Waals surface area contributed by atoms with Crippen LogP contribution in [0, 0.1) is 0 Å². The fourth-order valence-electron chi connectivity index (χ4n) is 3.78. The lowest BCUT2D eigenvalue weighted by atomic mass is 10.0. The van der Waals surface area contributed by atoms with Crippen molar-refractivity contribution in [3.8, 4) is 0 Å². The normalized spacial score (nSPS) is 15.7. The number of benzene rings is 2. The Hall–Kier alpha value is -2.71. The predicted molar refractivity (Wildman–Crippen MR) is 122 cm³/mol. The fraction of sp³-hybridized carbons (Fsp3) is 0.417. The second-order valence-corrected chi connectivity index (χ2v) is 9.83. The molecule has 2 aromatic rings. The van der Waals surface area contributed by atoms with Gasteiger partial charge in [-0.05, 0) is 43.0 Å². The van der Waals surface area contributed by atoms with E-state index < -0.39 is 28.5 Å². The van der Waals surface area contributed by atoms with Crippen LogP contribution in [-0.2, 0) is 19.6 Å². The first kappa shape index (κ1) is 23.9. The van der Waals surface area contributed by atoms with E-state index in [2.05, 4.69) is 5.32 Å². The number of piperidine rings is 1. The first-order chi connectivity index (χ1) is 15.4. The number of carbonyl (C=O) groups excluding carboxylic acids is 2. The summed E-state index contributed by atoms with van der Waals surface area (Å²) < 4.78 is 32.3. The van der Waals surface area contributed by atoms with Crippen molar-refractivity contribution >= 4 is 21.9 Å². The van der Waals surface area contributed by atoms with Crippen LogP contribution >= 0.6 is 0 Å². The van der Waals surface area contributed by atoms with Crippen LogP contribution in [0.1, 0.15) is 61.0 Å². The average molecular weight is 459 g/mol. The third-order valence-corrected chi connectivity index (χ3v) is 7.37. The van der Waals surface area contributed by atoms with Gasteiger partial charge >= 0.3 is 5.97 Å². The van der Waals surface area contributed by atoms with Crippen LogP contribution in [0.15, 0.2) is 59.5 Å². The second kappa shape index (κ2) is 11.2. The van der Waals surface area contributed by atoms with Crippen molar-refractivity contribution < 1.29 is 22.7 Å². The van der Waals surface area contributed by atoms with E-state index in [-0.39, 0.29) is 16.5 Å². The number of nitrogens with zero attached hydrogens (tertiary/aromatic N) is 1. The van der Waals surface area contributed by atoms with Crippen molar-refractivity contribution in [2.75, 3.05) is 19.7 Å². The highest BCUT2D eigenvalue weighted by Crippen LogP contribution is 2.22. The molecule has 1 heterocycles. The van der Waals surface area contributed by atoms with E-state index in [1.54, 1.807) is 0 Å². The number of hydrogen-bond donors (Lipinski definition) is 1. The van der Waals surface area contributed by atoms with Crippen LogP contribution in [0.5, 0.6) is 0 Å². The molecule has 0 spiro atoms. The maximum Gasteiger partial charge on any atom is 0.338 e. The second-order valence-electron chi connectivity index (χ2n) is 7.89. The summed E-state index contributed by atoms with van der Waals surface area (Å²) in [4.78, 5) is 24.9. The lowest BCUT2D eigenvalue weighted by Gasteiger charge is -2.25. The van der Waals surface area contributed by atoms with Crippen LogP contribution in [0.3, 0.4) is 0 Å². The summed E-state index contributed by atoms with van der Waals surface area (Å²) in [7, 11) is -3.66. The van der Waals surface area contributed by atoms with Gasteiger partial charge in [0.05, 0.1) is 16.5 Å². The monoisotopic (exact) mass is 458 g/mol. The minimum atomic E-state index is -3.66. The summed E-state index contributed by atoms with van der Waals surface area (Å²) in [6.45, 7) is 2.57. The summed E-state index contributed by atoms with van der Waals surface area (Å²) in [6, 6.07) is 15.3. The van der Waals surface area contributed by atoms with E-state index in [0.717, 1.165) is 37.7 Å². The number of hydrogen-bond acceptors (Lipinski definition) is 5. The standard InChI is InChI=1S/C24H30N2O5S/c1-2-10-22(19-11-5-3-6-12-19)25-23(27)18-31-24(28)20-13-9-14-21(17-20)32(29,30)26-15-7-4-8-16-26/h3,5-6,9,11-14,17,22H,2,4,7-8,10,15-16,18H2,1H3,(H,25,27). The highest BCUT2D eigenvalue weighted by Gasteiger charge is 2.26. The third-order valence-electron chi connectivity index (χ3n) is 5.47. The molecule has 1 saturated heterocycles. The number of rotatable bonds is 9. The van der Waals surface area contributed by atoms with Gasteiger partial charge in [0.1, 0.15) is 0 Å². The lowest BCUT2D eigenvalue weighted by Crippen LogP contribution is -2.35. The van der Waals surface area contributed by atoms with Gasteiger partial charge in [-0.1, -0.05) is 56.2 Å². The van der Waals surface area contributed by atoms with Gasteiger partial charge in [-0.15, -0.1) is 0 Å². The van der Waals surface area contributed by atoms with Crippen molar-refractivity contribution in [1.82, 2.24) is 9.62 Å². The van der Waals surface area contributed by atoms with Crippen molar-refractivity contribution in [1.29, 1.82) is 0 Å². The van der Waals surface area contributed by atoms with E-state index in [9.17, 15) is 18.0 Å². The molecule has 0 aromatic heterocycles. The summed E-state index contributed by atoms with van der Waals surface area (Å²) >= 11 is 0. The molecule has 1 amide bonds. The minimum Gasteiger partial charge on any atom is -0.452 e. The van der Waals surface area contributed by atoms with Gasteiger partial charge in [-0.2, -0.15) is 4.31 Å². The molecule has 1 N–H and O–H groups in total. The van der Waals surface area contributed by atoms with Crippen LogP contribution in [0.2, 0.25) is 0 Å². The Morgan fingerprint density at radius 3 is 2.44 bits per heavy atom. The molecule has 1 aliphatic rings. The van der Waals surface area contributed by atoms with Gasteiger partial charge in [-0.25, -0.2) is 13.2 Å². The Labute approximate surface area is 189 Å². The molecule has 3 rings (SSSR count). The largest absolute Gasteiger partial charge is 0.452 e. The van der Waals surface area contributed by atoms with Crippen molar-refractivity contribution in [2.24, 2.45) is 0 Å². The molecule has 1 fully saturated rings. The Balaban J connectivity index is 1.61. The molecule has 0 radical (unpaired) electrons. The van der Waals surface area contributed by atoms with Crippen LogP contribution in [0.25, 0.3) is 0 Å². The van der Waals surface area contributed by atoms with Crippen molar-refractivity contribution in [3.63, 3.8) is 0 Å². The number of carbonyl (C=O) groups is 2. The predicted octanol–water partition coefficient (Wildman–Crippen LogP) is 3.68. The van der Waals surface area contributed by atoms with E-state index in [1.807, 2.05) is 37.3 Å². The van der Waals surface area contributed by atoms with Gasteiger partial charge in [0.2, 0.25) is 10.0 Å². The third kappa shape index (κ3) is 6.17. The first-order valence-electron chi connectivity index (χ1n) is 11.0. The number of ether oxygens (including phenoxy) is 1. The Bertz CT molecular complexity index is 1020. The molecular formula is C24H30N2O5S. The molecule has 0 saturated carbocycles. The molecule has 0 aliphatic carbocycles. The number of amides is 1. The minimum absolute atomic E-state index is 0.0605. The number of sulfonamides is 1. The zero-order chi connectivity index (χ0) is 23.0. The highest BCUT2D eigenvalue weighted by molar-refractivity contribution is 7.89. The molecule has 8 heteroatoms. The zero-order valence-corrected chi connectivity index (χ0v) is 19.1. The van der Waals surface area contributed by atoms with Crippen LogP contribution in [-0.4, -0.2) is 44.3 Å². The number of nitrogens with one attached hydrogen (secondary N) is 1. The van der Waals surface area contributed by atoms with Crippen molar-refractivity contribution in [2.45, 2.75) is 50.0 Å². The van der Waals surface area contributed by atoms with E-state index in [4.69, 9.17) is 4.74 Å². The fourth-order valence-corrected chi connectivity index (χ4v) is 5.35. The SMILES string of the molecule is CCCC(NC(=O)COC(=O)c1cccc(S(=O)(=O)N2CCCCC2)c1)c1ccccc1. The summed E-state index contributed by atoms with van der Waals surface area (Å²) in [6.07, 6.45) is 4.33. The molecular weight excluding hydrogens is 428 g/mol. The molecule has 0 bridgehead atoms. The van der Waals surface area contributed by atoms with Gasteiger partial charge in [-0.3, -0.25) is 4.79 Å². The van der Waals surface area contributed by atoms with E-state index in [0.29, 0.717) is 13.1 Å². The maximum atomic E-state index is 12.9. The van der Waals surface area contributed by atoms with E-state index >= 15 is 0 Å². The van der Waals surface area contributed by atoms with Crippen LogP contribution in [0.4, 0.5) is 0 Å². The Morgan fingerprint density at radius 2 is 1.75 bits per heavy atom. The summed E-state index contributed by atoms with van der Waals surface area (Å²) in [5, 5.41) is 2.90. The first-order valence-corrected chi connectivity index (χ1v) is 12.5. The smallest absolute Gasteiger partial charge is 0.338 e. The van der Waals surface area contributed by atoms with Gasteiger partial charge in [0, 0.05) is 13.1 Å².